The van der Waals surface area contributed by atoms with Gasteiger partial charge in [0.15, 0.2) is 0 Å². The number of aliphatic hydroxyl groups excluding tert-OH is 1. The Kier molecular flexibility index (Phi) is 1.93. The summed E-state index contributed by atoms with van der Waals surface area (Å²) in [5.74, 6) is 0. The van der Waals surface area contributed by atoms with Crippen molar-refractivity contribution in [1.29, 1.82) is 0 Å². The lowest BCUT2D eigenvalue weighted by atomic mass is 10.2. The normalized spacial score (nSPS) is 13.1. The van der Waals surface area contributed by atoms with Crippen molar-refractivity contribution in [1.82, 2.24) is 10.2 Å². The van der Waals surface area contributed by atoms with Crippen molar-refractivity contribution in [3.8, 4) is 0 Å². The molecule has 0 saturated heterocycles. The lowest BCUT2D eigenvalue weighted by molar-refractivity contribution is 0.224. The van der Waals surface area contributed by atoms with Crippen LogP contribution in [0.25, 0.3) is 0 Å². The number of rotatable bonds is 2. The highest BCUT2D eigenvalue weighted by atomic mass is 32.1. The first-order chi connectivity index (χ1) is 5.88. The van der Waals surface area contributed by atoms with E-state index >= 15 is 0 Å². The summed E-state index contributed by atoms with van der Waals surface area (Å²) < 4.78 is 0. The number of H-pyrrole nitrogens is 1. The second kappa shape index (κ2) is 3.08. The van der Waals surface area contributed by atoms with Crippen LogP contribution in [0.15, 0.2) is 29.9 Å². The Hall–Kier alpha value is -1.13. The van der Waals surface area contributed by atoms with Crippen molar-refractivity contribution in [3.05, 3.63) is 40.3 Å². The average molecular weight is 180 g/mol. The summed E-state index contributed by atoms with van der Waals surface area (Å²) in [4.78, 5) is 0.941. The molecule has 2 N–H and O–H groups in total. The second-order valence-corrected chi connectivity index (χ2v) is 3.43. The van der Waals surface area contributed by atoms with Crippen LogP contribution in [-0.4, -0.2) is 15.3 Å². The van der Waals surface area contributed by atoms with Crippen molar-refractivity contribution in [2.75, 3.05) is 0 Å². The third kappa shape index (κ3) is 1.26. The van der Waals surface area contributed by atoms with Crippen LogP contribution < -0.4 is 0 Å². The Morgan fingerprint density at radius 1 is 1.58 bits per heavy atom. The van der Waals surface area contributed by atoms with Crippen LogP contribution in [0.5, 0.6) is 0 Å². The first kappa shape index (κ1) is 7.52. The van der Waals surface area contributed by atoms with Gasteiger partial charge in [0.25, 0.3) is 0 Å². The van der Waals surface area contributed by atoms with Crippen LogP contribution in [0.2, 0.25) is 0 Å². The molecule has 0 aliphatic rings. The van der Waals surface area contributed by atoms with E-state index in [0.717, 1.165) is 10.4 Å². The summed E-state index contributed by atoms with van der Waals surface area (Å²) in [5, 5.41) is 18.1. The highest BCUT2D eigenvalue weighted by molar-refractivity contribution is 7.10. The van der Waals surface area contributed by atoms with Gasteiger partial charge in [0.2, 0.25) is 0 Å². The van der Waals surface area contributed by atoms with Crippen LogP contribution in [0, 0.1) is 0 Å². The predicted octanol–water partition coefficient (Wildman–Crippen LogP) is 1.55. The summed E-state index contributed by atoms with van der Waals surface area (Å²) in [6, 6.07) is 3.83. The first-order valence-corrected chi connectivity index (χ1v) is 4.46. The van der Waals surface area contributed by atoms with Crippen LogP contribution in [0.3, 0.4) is 0 Å². The van der Waals surface area contributed by atoms with Crippen molar-refractivity contribution in [2.24, 2.45) is 0 Å². The van der Waals surface area contributed by atoms with E-state index in [1.807, 2.05) is 17.5 Å². The Morgan fingerprint density at radius 2 is 2.50 bits per heavy atom. The Balaban J connectivity index is 2.27. The quantitative estimate of drug-likeness (QED) is 0.736. The summed E-state index contributed by atoms with van der Waals surface area (Å²) in [6.07, 6.45) is 2.79. The number of aliphatic hydroxyl groups is 1. The van der Waals surface area contributed by atoms with Gasteiger partial charge in [0.05, 0.1) is 6.20 Å². The van der Waals surface area contributed by atoms with Crippen LogP contribution >= 0.6 is 11.3 Å². The van der Waals surface area contributed by atoms with E-state index in [0.29, 0.717) is 0 Å². The monoisotopic (exact) mass is 180 g/mol. The minimum Gasteiger partial charge on any atom is -0.383 e. The van der Waals surface area contributed by atoms with Gasteiger partial charge in [-0.1, -0.05) is 6.07 Å². The van der Waals surface area contributed by atoms with Gasteiger partial charge in [0, 0.05) is 16.6 Å². The lowest BCUT2D eigenvalue weighted by Crippen LogP contribution is -1.93. The van der Waals surface area contributed by atoms with E-state index in [1.54, 1.807) is 12.4 Å². The van der Waals surface area contributed by atoms with Crippen molar-refractivity contribution in [3.63, 3.8) is 0 Å². The van der Waals surface area contributed by atoms with Gasteiger partial charge in [-0.3, -0.25) is 5.10 Å². The molecule has 0 aromatic carbocycles. The van der Waals surface area contributed by atoms with Crippen LogP contribution in [-0.2, 0) is 0 Å². The molecule has 0 bridgehead atoms. The summed E-state index contributed by atoms with van der Waals surface area (Å²) in [6.45, 7) is 0. The number of hydrogen-bond donors (Lipinski definition) is 2. The molecule has 0 amide bonds. The molecule has 1 unspecified atom stereocenters. The molecule has 0 spiro atoms. The van der Waals surface area contributed by atoms with Gasteiger partial charge in [-0.15, -0.1) is 11.3 Å². The minimum absolute atomic E-state index is 0.538. The van der Waals surface area contributed by atoms with Crippen molar-refractivity contribution >= 4 is 11.3 Å². The fraction of sp³-hybridized carbons (Fsp3) is 0.125. The lowest BCUT2D eigenvalue weighted by Gasteiger charge is -2.03. The van der Waals surface area contributed by atoms with Gasteiger partial charge in [-0.25, -0.2) is 0 Å². The molecule has 0 aliphatic carbocycles. The fourth-order valence-corrected chi connectivity index (χ4v) is 1.76. The van der Waals surface area contributed by atoms with E-state index in [-0.39, 0.29) is 0 Å². The van der Waals surface area contributed by atoms with Gasteiger partial charge < -0.3 is 5.11 Å². The second-order valence-electron chi connectivity index (χ2n) is 2.45. The maximum absolute atomic E-state index is 9.72. The number of thiophene rings is 1. The van der Waals surface area contributed by atoms with Gasteiger partial charge in [-0.05, 0) is 11.4 Å². The number of aromatic nitrogens is 2. The molecule has 0 fully saturated rings. The molecule has 2 heterocycles. The average Bonchev–Trinajstić information content (AvgIpc) is 2.77. The minimum atomic E-state index is -0.538. The number of nitrogens with one attached hydrogen (secondary N) is 1. The molecule has 2 aromatic heterocycles. The summed E-state index contributed by atoms with van der Waals surface area (Å²) in [5.41, 5.74) is 0.803. The Bertz CT molecular complexity index is 294. The van der Waals surface area contributed by atoms with Crippen molar-refractivity contribution in [2.45, 2.75) is 6.10 Å². The maximum Gasteiger partial charge on any atom is 0.116 e. The molecule has 0 radical (unpaired) electrons. The first-order valence-electron chi connectivity index (χ1n) is 3.58. The molecule has 4 heteroatoms. The van der Waals surface area contributed by atoms with Crippen LogP contribution in [0.1, 0.15) is 16.5 Å². The topological polar surface area (TPSA) is 48.9 Å². The number of hydrogen-bond acceptors (Lipinski definition) is 3. The largest absolute Gasteiger partial charge is 0.383 e. The molecule has 2 rings (SSSR count). The third-order valence-corrected chi connectivity index (χ3v) is 2.57. The van der Waals surface area contributed by atoms with E-state index in [9.17, 15) is 5.11 Å². The Morgan fingerprint density at radius 3 is 3.08 bits per heavy atom. The smallest absolute Gasteiger partial charge is 0.116 e. The van der Waals surface area contributed by atoms with E-state index < -0.39 is 6.10 Å². The van der Waals surface area contributed by atoms with Gasteiger partial charge in [0.1, 0.15) is 6.10 Å². The Labute approximate surface area is 73.7 Å². The third-order valence-electron chi connectivity index (χ3n) is 1.65. The van der Waals surface area contributed by atoms with E-state index in [1.165, 1.54) is 11.3 Å². The molecular weight excluding hydrogens is 172 g/mol. The zero-order valence-electron chi connectivity index (χ0n) is 6.27. The maximum atomic E-state index is 9.72. The number of nitrogens with zero attached hydrogens (tertiary/aromatic N) is 1. The van der Waals surface area contributed by atoms with Gasteiger partial charge >= 0.3 is 0 Å². The molecule has 2 aromatic rings. The summed E-state index contributed by atoms with van der Waals surface area (Å²) in [7, 11) is 0. The molecule has 0 saturated carbocycles. The SMILES string of the molecule is OC(c1cn[nH]c1)c1cccs1. The highest BCUT2D eigenvalue weighted by Gasteiger charge is 2.11. The fourth-order valence-electron chi connectivity index (χ4n) is 1.02. The molecule has 12 heavy (non-hydrogen) atoms. The molecule has 1 atom stereocenters. The molecule has 3 nitrogen and oxygen atoms in total. The molecule has 62 valence electrons. The summed E-state index contributed by atoms with van der Waals surface area (Å²) >= 11 is 1.54. The predicted molar refractivity (Wildman–Crippen MR) is 47.0 cm³/mol. The zero-order chi connectivity index (χ0) is 8.39. The molecule has 0 aliphatic heterocycles. The van der Waals surface area contributed by atoms with Crippen LogP contribution in [0.4, 0.5) is 0 Å². The van der Waals surface area contributed by atoms with E-state index in [2.05, 4.69) is 10.2 Å². The molecular formula is C8H8N2OS. The highest BCUT2D eigenvalue weighted by Crippen LogP contribution is 2.24. The zero-order valence-corrected chi connectivity index (χ0v) is 7.08. The van der Waals surface area contributed by atoms with E-state index in [4.69, 9.17) is 0 Å². The van der Waals surface area contributed by atoms with Gasteiger partial charge in [-0.2, -0.15) is 5.10 Å². The standard InChI is InChI=1S/C8H8N2OS/c11-8(6-4-9-10-5-6)7-2-1-3-12-7/h1-5,8,11H,(H,9,10). The van der Waals surface area contributed by atoms with Crippen molar-refractivity contribution < 1.29 is 5.11 Å². The number of aromatic amines is 1.